The molecule has 1 fully saturated rings. The maximum Gasteiger partial charge on any atom is 0.405 e. The number of amides is 2. The van der Waals surface area contributed by atoms with Gasteiger partial charge < -0.3 is 20.1 Å². The molecule has 0 unspecified atom stereocenters. The van der Waals surface area contributed by atoms with Crippen molar-refractivity contribution in [2.45, 2.75) is 38.3 Å². The van der Waals surface area contributed by atoms with Gasteiger partial charge in [0.1, 0.15) is 22.1 Å². The van der Waals surface area contributed by atoms with Crippen LogP contribution in [0.15, 0.2) is 24.3 Å². The number of rotatable bonds is 6. The first kappa shape index (κ1) is 22.0. The van der Waals surface area contributed by atoms with E-state index in [0.717, 1.165) is 23.4 Å². The number of aromatic nitrogens is 1. The molecular weight excluding hydrogens is 411 g/mol. The number of nitrogens with zero attached hydrogens (tertiary/aromatic N) is 2. The number of anilines is 2. The number of carboxylic acid groups (broad SMARTS) is 1. The summed E-state index contributed by atoms with van der Waals surface area (Å²) >= 11 is 1.30. The third kappa shape index (κ3) is 5.06. The molecule has 8 nitrogen and oxygen atoms in total. The standard InChI is InChI=1S/C20H25FN4O4S/c1-20(2,24-19(27)28)17(26)23-18-22-15(12-4-6-13(21)7-5-12)16(30-18)25(3)14-8-10-29-11-9-14/h4-7,14,24H,8-11H2,1-3H3,(H,27,28)(H,22,23,26). The monoisotopic (exact) mass is 436 g/mol. The van der Waals surface area contributed by atoms with Gasteiger partial charge in [0.05, 0.1) is 0 Å². The van der Waals surface area contributed by atoms with E-state index in [9.17, 15) is 14.0 Å². The topological polar surface area (TPSA) is 104 Å². The zero-order valence-electron chi connectivity index (χ0n) is 17.1. The fourth-order valence-electron chi connectivity index (χ4n) is 3.22. The van der Waals surface area contributed by atoms with Crippen LogP contribution in [0.5, 0.6) is 0 Å². The summed E-state index contributed by atoms with van der Waals surface area (Å²) in [5, 5.41) is 15.0. The number of hydrogen-bond acceptors (Lipinski definition) is 6. The van der Waals surface area contributed by atoms with E-state index in [1.165, 1.54) is 37.3 Å². The van der Waals surface area contributed by atoms with Crippen molar-refractivity contribution in [1.82, 2.24) is 10.3 Å². The quantitative estimate of drug-likeness (QED) is 0.640. The second-order valence-corrected chi connectivity index (χ2v) is 8.62. The molecule has 1 aromatic heterocycles. The number of halogens is 1. The Morgan fingerprint density at radius 3 is 2.50 bits per heavy atom. The van der Waals surface area contributed by atoms with E-state index in [4.69, 9.17) is 9.84 Å². The molecule has 3 rings (SSSR count). The van der Waals surface area contributed by atoms with Crippen LogP contribution in [0.1, 0.15) is 26.7 Å². The second kappa shape index (κ2) is 8.97. The van der Waals surface area contributed by atoms with Crippen LogP contribution in [-0.4, -0.2) is 53.9 Å². The Kier molecular flexibility index (Phi) is 6.57. The van der Waals surface area contributed by atoms with Crippen LogP contribution in [0, 0.1) is 5.82 Å². The van der Waals surface area contributed by atoms with Gasteiger partial charge in [0.25, 0.3) is 5.91 Å². The molecule has 2 amide bonds. The van der Waals surface area contributed by atoms with Gasteiger partial charge in [0.2, 0.25) is 0 Å². The van der Waals surface area contributed by atoms with Crippen LogP contribution in [0.2, 0.25) is 0 Å². The molecule has 0 aliphatic carbocycles. The van der Waals surface area contributed by atoms with Crippen molar-refractivity contribution in [3.8, 4) is 11.3 Å². The Hall–Kier alpha value is -2.72. The highest BCUT2D eigenvalue weighted by Gasteiger charge is 2.31. The van der Waals surface area contributed by atoms with Gasteiger partial charge in [0, 0.05) is 31.9 Å². The van der Waals surface area contributed by atoms with Crippen LogP contribution >= 0.6 is 11.3 Å². The Labute approximate surface area is 178 Å². The molecular formula is C20H25FN4O4S. The third-order valence-corrected chi connectivity index (χ3v) is 6.05. The van der Waals surface area contributed by atoms with Crippen molar-refractivity contribution in [2.75, 3.05) is 30.5 Å². The van der Waals surface area contributed by atoms with E-state index in [1.54, 1.807) is 12.1 Å². The number of carbonyl (C=O) groups is 2. The highest BCUT2D eigenvalue weighted by atomic mass is 32.1. The van der Waals surface area contributed by atoms with Crippen LogP contribution in [0.4, 0.5) is 19.3 Å². The number of carbonyl (C=O) groups excluding carboxylic acids is 1. The molecule has 0 spiro atoms. The summed E-state index contributed by atoms with van der Waals surface area (Å²) in [6.45, 7) is 4.30. The van der Waals surface area contributed by atoms with E-state index < -0.39 is 17.5 Å². The second-order valence-electron chi connectivity index (χ2n) is 7.64. The zero-order chi connectivity index (χ0) is 21.9. The smallest absolute Gasteiger partial charge is 0.405 e. The molecule has 1 aliphatic heterocycles. The molecule has 0 atom stereocenters. The zero-order valence-corrected chi connectivity index (χ0v) is 17.9. The molecule has 0 bridgehead atoms. The minimum Gasteiger partial charge on any atom is -0.465 e. The number of thiazole rings is 1. The van der Waals surface area contributed by atoms with E-state index in [1.807, 2.05) is 7.05 Å². The molecule has 1 aromatic carbocycles. The summed E-state index contributed by atoms with van der Waals surface area (Å²) in [7, 11) is 1.97. The first-order chi connectivity index (χ1) is 14.2. The predicted molar refractivity (Wildman–Crippen MR) is 114 cm³/mol. The van der Waals surface area contributed by atoms with Crippen LogP contribution < -0.4 is 15.5 Å². The van der Waals surface area contributed by atoms with E-state index >= 15 is 0 Å². The van der Waals surface area contributed by atoms with Crippen molar-refractivity contribution >= 4 is 33.5 Å². The third-order valence-electron chi connectivity index (χ3n) is 4.99. The minimum absolute atomic E-state index is 0.257. The van der Waals surface area contributed by atoms with Crippen LogP contribution in [0.25, 0.3) is 11.3 Å². The Morgan fingerprint density at radius 1 is 1.27 bits per heavy atom. The number of benzene rings is 1. The molecule has 162 valence electrons. The lowest BCUT2D eigenvalue weighted by atomic mass is 10.1. The molecule has 30 heavy (non-hydrogen) atoms. The van der Waals surface area contributed by atoms with E-state index in [0.29, 0.717) is 24.0 Å². The van der Waals surface area contributed by atoms with Gasteiger partial charge in [-0.15, -0.1) is 0 Å². The number of ether oxygens (including phenoxy) is 1. The van der Waals surface area contributed by atoms with Crippen molar-refractivity contribution in [3.63, 3.8) is 0 Å². The lowest BCUT2D eigenvalue weighted by molar-refractivity contribution is -0.121. The van der Waals surface area contributed by atoms with Gasteiger partial charge in [-0.05, 0) is 51.0 Å². The first-order valence-corrected chi connectivity index (χ1v) is 10.4. The number of hydrogen-bond donors (Lipinski definition) is 3. The van der Waals surface area contributed by atoms with E-state index in [2.05, 4.69) is 20.5 Å². The average molecular weight is 437 g/mol. The van der Waals surface area contributed by atoms with Gasteiger partial charge >= 0.3 is 6.09 Å². The average Bonchev–Trinajstić information content (AvgIpc) is 3.11. The van der Waals surface area contributed by atoms with Gasteiger partial charge in [-0.25, -0.2) is 14.2 Å². The van der Waals surface area contributed by atoms with E-state index in [-0.39, 0.29) is 11.9 Å². The van der Waals surface area contributed by atoms with Gasteiger partial charge in [-0.2, -0.15) is 0 Å². The molecule has 2 heterocycles. The SMILES string of the molecule is CN(c1sc(NC(=O)C(C)(C)NC(=O)O)nc1-c1ccc(F)cc1)C1CCOCC1. The predicted octanol–water partition coefficient (Wildman–Crippen LogP) is 3.55. The van der Waals surface area contributed by atoms with Crippen LogP contribution in [0.3, 0.4) is 0 Å². The molecule has 1 aliphatic rings. The maximum absolute atomic E-state index is 13.4. The molecule has 1 saturated heterocycles. The fraction of sp³-hybridized carbons (Fsp3) is 0.450. The number of nitrogens with one attached hydrogen (secondary N) is 2. The summed E-state index contributed by atoms with van der Waals surface area (Å²) in [6, 6.07) is 6.28. The molecule has 0 radical (unpaired) electrons. The largest absolute Gasteiger partial charge is 0.465 e. The maximum atomic E-state index is 13.4. The molecule has 0 saturated carbocycles. The summed E-state index contributed by atoms with van der Waals surface area (Å²) in [4.78, 5) is 30.2. The normalized spacial score (nSPS) is 14.9. The summed E-state index contributed by atoms with van der Waals surface area (Å²) in [6.07, 6.45) is 0.449. The van der Waals surface area contributed by atoms with Crippen molar-refractivity contribution in [2.24, 2.45) is 0 Å². The van der Waals surface area contributed by atoms with Gasteiger partial charge in [-0.1, -0.05) is 11.3 Å². The van der Waals surface area contributed by atoms with Gasteiger partial charge in [0.15, 0.2) is 5.13 Å². The Balaban J connectivity index is 1.92. The first-order valence-electron chi connectivity index (χ1n) is 9.57. The lowest BCUT2D eigenvalue weighted by Gasteiger charge is -2.32. The molecule has 2 aromatic rings. The minimum atomic E-state index is -1.33. The highest BCUT2D eigenvalue weighted by molar-refractivity contribution is 7.20. The summed E-state index contributed by atoms with van der Waals surface area (Å²) < 4.78 is 18.9. The van der Waals surface area contributed by atoms with Crippen molar-refractivity contribution < 1.29 is 23.8 Å². The lowest BCUT2D eigenvalue weighted by Crippen LogP contribution is -2.51. The van der Waals surface area contributed by atoms with Crippen molar-refractivity contribution in [3.05, 3.63) is 30.1 Å². The summed E-state index contributed by atoms with van der Waals surface area (Å²) in [5.41, 5.74) is 0.0265. The Morgan fingerprint density at radius 2 is 1.90 bits per heavy atom. The summed E-state index contributed by atoms with van der Waals surface area (Å²) in [5.74, 6) is -0.868. The molecule has 3 N–H and O–H groups in total. The van der Waals surface area contributed by atoms with Gasteiger partial charge in [-0.3, -0.25) is 10.1 Å². The fourth-order valence-corrected chi connectivity index (χ4v) is 4.23. The molecule has 10 heteroatoms. The van der Waals surface area contributed by atoms with Crippen LogP contribution in [-0.2, 0) is 9.53 Å². The van der Waals surface area contributed by atoms with Crippen molar-refractivity contribution in [1.29, 1.82) is 0 Å². The highest BCUT2D eigenvalue weighted by Crippen LogP contribution is 2.40. The Bertz CT molecular complexity index is 910.